The number of methoxy groups -OCH3 is 1. The number of primary amides is 1. The molecule has 11 heteroatoms. The molecule has 3 amide bonds. The number of imide groups is 1. The van der Waals surface area contributed by atoms with E-state index in [1.807, 2.05) is 0 Å². The van der Waals surface area contributed by atoms with Gasteiger partial charge in [-0.25, -0.2) is 4.79 Å². The Labute approximate surface area is 250 Å². The molecule has 3 aliphatic carbocycles. The van der Waals surface area contributed by atoms with Crippen molar-refractivity contribution in [3.63, 3.8) is 0 Å². The molecule has 3 atom stereocenters. The van der Waals surface area contributed by atoms with Gasteiger partial charge >= 0.3 is 5.97 Å². The minimum absolute atomic E-state index is 0.216. The highest BCUT2D eigenvalue weighted by Crippen LogP contribution is 2.69. The second kappa shape index (κ2) is 9.96. The average molecular weight is 607 g/mol. The minimum Gasteiger partial charge on any atom is -0.497 e. The molecule has 214 valence electrons. The quantitative estimate of drug-likeness (QED) is 0.180. The molecule has 0 radical (unpaired) electrons. The highest BCUT2D eigenvalue weighted by atomic mass is 35.5. The molecule has 0 aromatic heterocycles. The van der Waals surface area contributed by atoms with Crippen LogP contribution in [0.3, 0.4) is 0 Å². The van der Waals surface area contributed by atoms with E-state index >= 15 is 0 Å². The van der Waals surface area contributed by atoms with E-state index in [4.69, 9.17) is 38.4 Å². The van der Waals surface area contributed by atoms with Gasteiger partial charge < -0.3 is 15.2 Å². The van der Waals surface area contributed by atoms with E-state index in [0.29, 0.717) is 32.9 Å². The fourth-order valence-electron chi connectivity index (χ4n) is 6.58. The van der Waals surface area contributed by atoms with Crippen LogP contribution in [0.1, 0.15) is 39.0 Å². The minimum atomic E-state index is -1.72. The maximum absolute atomic E-state index is 14.2. The first-order valence-electron chi connectivity index (χ1n) is 13.1. The van der Waals surface area contributed by atoms with Gasteiger partial charge in [0.05, 0.1) is 25.4 Å². The fourth-order valence-corrected chi connectivity index (χ4v) is 7.68. The Morgan fingerprint density at radius 2 is 1.36 bits per heavy atom. The molecule has 0 unspecified atom stereocenters. The third kappa shape index (κ3) is 3.80. The molecule has 3 aromatic rings. The summed E-state index contributed by atoms with van der Waals surface area (Å²) in [6, 6.07) is 18.7. The predicted octanol–water partition coefficient (Wildman–Crippen LogP) is 3.26. The van der Waals surface area contributed by atoms with Crippen molar-refractivity contribution in [1.29, 1.82) is 0 Å². The van der Waals surface area contributed by atoms with Gasteiger partial charge in [-0.3, -0.25) is 24.1 Å². The number of alkyl halides is 2. The Balaban J connectivity index is 1.37. The highest BCUT2D eigenvalue weighted by Gasteiger charge is 2.73. The maximum atomic E-state index is 14.2. The topological polar surface area (TPSA) is 133 Å². The molecule has 0 spiro atoms. The summed E-state index contributed by atoms with van der Waals surface area (Å²) in [5, 5.41) is 0. The average Bonchev–Trinajstić information content (AvgIpc) is 3.27. The third-order valence-electron chi connectivity index (χ3n) is 8.33. The van der Waals surface area contributed by atoms with Crippen molar-refractivity contribution in [2.24, 2.45) is 17.6 Å². The zero-order valence-electron chi connectivity index (χ0n) is 22.2. The second-order valence-corrected chi connectivity index (χ2v) is 11.7. The van der Waals surface area contributed by atoms with Crippen LogP contribution < -0.4 is 10.5 Å². The van der Waals surface area contributed by atoms with Crippen molar-refractivity contribution < 1.29 is 33.4 Å². The Hall–Kier alpha value is -4.21. The number of nitrogens with two attached hydrogens (primary N) is 1. The summed E-state index contributed by atoms with van der Waals surface area (Å²) in [4.78, 5) is 64.3. The van der Waals surface area contributed by atoms with Gasteiger partial charge in [0, 0.05) is 5.56 Å². The molecule has 1 fully saturated rings. The van der Waals surface area contributed by atoms with E-state index in [1.165, 1.54) is 19.2 Å². The lowest BCUT2D eigenvalue weighted by atomic mass is 9.54. The molecule has 3 aromatic carbocycles. The molecule has 2 N–H and O–H groups in total. The monoisotopic (exact) mass is 606 g/mol. The number of hydrogen-bond donors (Lipinski definition) is 1. The first-order chi connectivity index (χ1) is 20.0. The number of halogens is 2. The normalized spacial score (nSPS) is 25.7. The number of rotatable bonds is 8. The van der Waals surface area contributed by atoms with E-state index in [2.05, 4.69) is 0 Å². The molecule has 1 heterocycles. The van der Waals surface area contributed by atoms with Crippen LogP contribution in [0.5, 0.6) is 5.75 Å². The predicted molar refractivity (Wildman–Crippen MR) is 151 cm³/mol. The summed E-state index contributed by atoms with van der Waals surface area (Å²) >= 11 is 14.8. The zero-order chi connectivity index (χ0) is 30.0. The summed E-state index contributed by atoms with van der Waals surface area (Å²) in [5.74, 6) is -6.16. The molecule has 7 rings (SSSR count). The smallest absolute Gasteiger partial charge is 0.330 e. The van der Waals surface area contributed by atoms with Crippen molar-refractivity contribution in [1.82, 2.24) is 4.90 Å². The van der Waals surface area contributed by atoms with Crippen molar-refractivity contribution in [2.75, 3.05) is 13.7 Å². The van der Waals surface area contributed by atoms with Gasteiger partial charge in [0.1, 0.15) is 21.5 Å². The van der Waals surface area contributed by atoms with E-state index in [9.17, 15) is 24.0 Å². The number of Topliss-reactive ketones (excluding diaryl/α,β-unsaturated/α-hetero) is 1. The van der Waals surface area contributed by atoms with E-state index in [-0.39, 0.29) is 5.56 Å². The van der Waals surface area contributed by atoms with Gasteiger partial charge in [-0.1, -0.05) is 60.7 Å². The molecule has 2 bridgehead atoms. The van der Waals surface area contributed by atoms with Crippen LogP contribution in [0.15, 0.2) is 72.8 Å². The van der Waals surface area contributed by atoms with Crippen molar-refractivity contribution in [3.05, 3.63) is 101 Å². The summed E-state index contributed by atoms with van der Waals surface area (Å²) in [5.41, 5.74) is 8.00. The molecule has 9 nitrogen and oxygen atoms in total. The highest BCUT2D eigenvalue weighted by molar-refractivity contribution is 6.36. The Bertz CT molecular complexity index is 1570. The molecular weight excluding hydrogens is 583 g/mol. The van der Waals surface area contributed by atoms with E-state index in [0.717, 1.165) is 0 Å². The van der Waals surface area contributed by atoms with Crippen LogP contribution >= 0.6 is 23.2 Å². The number of carbonyl (C=O) groups is 5. The van der Waals surface area contributed by atoms with Gasteiger partial charge in [-0.05, 0) is 34.4 Å². The van der Waals surface area contributed by atoms with Crippen molar-refractivity contribution in [2.45, 2.75) is 22.2 Å². The molecule has 0 saturated carbocycles. The Morgan fingerprint density at radius 3 is 1.81 bits per heavy atom. The molecule has 4 aliphatic rings. The standard InChI is InChI=1S/C31H24Cl2N2O7/c1-41-17-8-6-7-16(13-17)23(36)15-42-29(40)22(14-24(34)37)35-27(38)25-26(28(35)39)31(33)19-10-3-2-9-18(19)30(25,32)20-11-4-5-12-21(20)31/h2-13,22,25-26H,14-15H2,1H3,(H2,34,37)/t22-,25+,26+,30?,31?/m1/s1. The largest absolute Gasteiger partial charge is 0.497 e. The number of nitrogens with zero attached hydrogens (tertiary/aromatic N) is 1. The summed E-state index contributed by atoms with van der Waals surface area (Å²) in [6.07, 6.45) is -0.715. The van der Waals surface area contributed by atoms with Crippen LogP contribution in [-0.2, 0) is 33.7 Å². The number of hydrogen-bond acceptors (Lipinski definition) is 7. The van der Waals surface area contributed by atoms with Crippen LogP contribution in [-0.4, -0.2) is 54.1 Å². The van der Waals surface area contributed by atoms with Gasteiger partial charge in [-0.15, -0.1) is 23.2 Å². The third-order valence-corrected chi connectivity index (χ3v) is 9.62. The SMILES string of the molecule is COc1cccc(C(=O)COC(=O)[C@@H](CC(N)=O)N2C(=O)[C@@H]3[C@@H](C2=O)C2(Cl)c4ccccc4C3(Cl)c3ccccc32)c1. The number of amides is 3. The summed E-state index contributed by atoms with van der Waals surface area (Å²) < 4.78 is 10.4. The molecule has 1 aliphatic heterocycles. The fraction of sp³-hybridized carbons (Fsp3) is 0.258. The van der Waals surface area contributed by atoms with Gasteiger partial charge in [-0.2, -0.15) is 0 Å². The lowest BCUT2D eigenvalue weighted by molar-refractivity contribution is -0.159. The lowest BCUT2D eigenvalue weighted by Crippen LogP contribution is -2.57. The Kier molecular flexibility index (Phi) is 6.62. The van der Waals surface area contributed by atoms with E-state index < -0.39 is 70.1 Å². The summed E-state index contributed by atoms with van der Waals surface area (Å²) in [7, 11) is 1.44. The first kappa shape index (κ1) is 27.9. The number of carbonyl (C=O) groups excluding carboxylic acids is 5. The van der Waals surface area contributed by atoms with Crippen LogP contribution in [0.25, 0.3) is 0 Å². The van der Waals surface area contributed by atoms with Gasteiger partial charge in [0.25, 0.3) is 0 Å². The van der Waals surface area contributed by atoms with Gasteiger partial charge in [0.2, 0.25) is 17.7 Å². The number of ether oxygens (including phenoxy) is 2. The van der Waals surface area contributed by atoms with Crippen LogP contribution in [0.4, 0.5) is 0 Å². The lowest BCUT2D eigenvalue weighted by Gasteiger charge is -2.54. The number of esters is 1. The van der Waals surface area contributed by atoms with Crippen LogP contribution in [0.2, 0.25) is 0 Å². The second-order valence-electron chi connectivity index (χ2n) is 10.5. The first-order valence-corrected chi connectivity index (χ1v) is 13.9. The molecule has 1 saturated heterocycles. The Morgan fingerprint density at radius 1 is 0.857 bits per heavy atom. The van der Waals surface area contributed by atoms with Crippen molar-refractivity contribution in [3.8, 4) is 5.75 Å². The van der Waals surface area contributed by atoms with Crippen molar-refractivity contribution >= 4 is 52.7 Å². The molecule has 42 heavy (non-hydrogen) atoms. The van der Waals surface area contributed by atoms with Crippen LogP contribution in [0, 0.1) is 11.8 Å². The number of ketones is 1. The van der Waals surface area contributed by atoms with E-state index in [1.54, 1.807) is 60.7 Å². The maximum Gasteiger partial charge on any atom is 0.330 e. The summed E-state index contributed by atoms with van der Waals surface area (Å²) in [6.45, 7) is -0.708. The van der Waals surface area contributed by atoms with Gasteiger partial charge in [0.15, 0.2) is 12.4 Å². The zero-order valence-corrected chi connectivity index (χ0v) is 23.7. The number of likely N-dealkylation sites (tertiary alicyclic amines) is 1. The number of benzene rings is 3. The molecular formula is C31H24Cl2N2O7.